The first-order valence-corrected chi connectivity index (χ1v) is 10.2. The molecule has 0 aromatic heterocycles. The van der Waals surface area contributed by atoms with E-state index in [9.17, 15) is 0 Å². The van der Waals surface area contributed by atoms with Crippen LogP contribution in [0.15, 0.2) is 29.3 Å². The van der Waals surface area contributed by atoms with Crippen LogP contribution in [0.1, 0.15) is 44.1 Å². The van der Waals surface area contributed by atoms with Crippen LogP contribution in [-0.4, -0.2) is 51.6 Å². The largest absolute Gasteiger partial charge is 0.490 e. The molecule has 150 valence electrons. The molecule has 6 nitrogen and oxygen atoms in total. The van der Waals surface area contributed by atoms with E-state index in [0.717, 1.165) is 56.5 Å². The number of nitrogens with zero attached hydrogens (tertiary/aromatic N) is 1. The van der Waals surface area contributed by atoms with Gasteiger partial charge in [0, 0.05) is 38.9 Å². The van der Waals surface area contributed by atoms with E-state index in [4.69, 9.17) is 14.2 Å². The predicted molar refractivity (Wildman–Crippen MR) is 107 cm³/mol. The van der Waals surface area contributed by atoms with Crippen molar-refractivity contribution in [2.45, 2.75) is 57.3 Å². The lowest BCUT2D eigenvalue weighted by molar-refractivity contribution is 0.0420. The van der Waals surface area contributed by atoms with Gasteiger partial charge in [-0.15, -0.1) is 0 Å². The summed E-state index contributed by atoms with van der Waals surface area (Å²) in [4.78, 5) is 4.30. The Hall–Kier alpha value is -1.79. The molecule has 6 heteroatoms. The molecule has 1 unspecified atom stereocenters. The number of rotatable bonds is 9. The molecule has 2 fully saturated rings. The minimum absolute atomic E-state index is 0.277. The second-order valence-electron chi connectivity index (χ2n) is 7.19. The predicted octanol–water partition coefficient (Wildman–Crippen LogP) is 2.87. The van der Waals surface area contributed by atoms with E-state index >= 15 is 0 Å². The summed E-state index contributed by atoms with van der Waals surface area (Å²) < 4.78 is 17.3. The summed E-state index contributed by atoms with van der Waals surface area (Å²) in [6.45, 7) is 3.83. The normalized spacial score (nSPS) is 20.8. The van der Waals surface area contributed by atoms with Crippen molar-refractivity contribution in [3.8, 4) is 5.75 Å². The van der Waals surface area contributed by atoms with Crippen LogP contribution < -0.4 is 15.4 Å². The lowest BCUT2D eigenvalue weighted by atomic mass is 10.2. The third kappa shape index (κ3) is 6.70. The van der Waals surface area contributed by atoms with Crippen LogP contribution in [0.5, 0.6) is 5.75 Å². The number of hydrogen-bond donors (Lipinski definition) is 2. The monoisotopic (exact) mass is 375 g/mol. The Balaban J connectivity index is 1.37. The summed E-state index contributed by atoms with van der Waals surface area (Å²) in [7, 11) is 1.79. The van der Waals surface area contributed by atoms with E-state index < -0.39 is 0 Å². The number of aliphatic imine (C=N–C) groups is 1. The topological polar surface area (TPSA) is 64.1 Å². The van der Waals surface area contributed by atoms with Gasteiger partial charge in [-0.25, -0.2) is 0 Å². The highest BCUT2D eigenvalue weighted by atomic mass is 16.5. The zero-order chi connectivity index (χ0) is 18.7. The van der Waals surface area contributed by atoms with E-state index in [-0.39, 0.29) is 6.10 Å². The lowest BCUT2D eigenvalue weighted by Crippen LogP contribution is -2.37. The molecule has 1 saturated heterocycles. The van der Waals surface area contributed by atoms with Crippen molar-refractivity contribution in [2.75, 3.05) is 33.4 Å². The Morgan fingerprint density at radius 2 is 2.00 bits per heavy atom. The fourth-order valence-electron chi connectivity index (χ4n) is 3.52. The first kappa shape index (κ1) is 20.0. The first-order valence-electron chi connectivity index (χ1n) is 10.2. The molecular weight excluding hydrogens is 342 g/mol. The average Bonchev–Trinajstić information content (AvgIpc) is 3.39. The van der Waals surface area contributed by atoms with Crippen LogP contribution >= 0.6 is 0 Å². The van der Waals surface area contributed by atoms with E-state index in [1.54, 1.807) is 7.05 Å². The average molecular weight is 376 g/mol. The van der Waals surface area contributed by atoms with Crippen LogP contribution in [-0.2, 0) is 16.0 Å². The van der Waals surface area contributed by atoms with E-state index in [0.29, 0.717) is 12.6 Å². The van der Waals surface area contributed by atoms with Crippen LogP contribution in [0.3, 0.4) is 0 Å². The third-order valence-corrected chi connectivity index (χ3v) is 5.09. The van der Waals surface area contributed by atoms with Crippen molar-refractivity contribution in [2.24, 2.45) is 4.99 Å². The van der Waals surface area contributed by atoms with Crippen LogP contribution in [0, 0.1) is 0 Å². The maximum Gasteiger partial charge on any atom is 0.191 e. The lowest BCUT2D eigenvalue weighted by Gasteiger charge is -2.18. The minimum Gasteiger partial charge on any atom is -0.490 e. The molecule has 1 saturated carbocycles. The van der Waals surface area contributed by atoms with Crippen molar-refractivity contribution in [1.82, 2.24) is 10.6 Å². The summed E-state index contributed by atoms with van der Waals surface area (Å²) in [5, 5.41) is 6.73. The summed E-state index contributed by atoms with van der Waals surface area (Å²) in [6.07, 6.45) is 7.49. The van der Waals surface area contributed by atoms with Crippen molar-refractivity contribution >= 4 is 5.96 Å². The summed E-state index contributed by atoms with van der Waals surface area (Å²) in [5.74, 6) is 1.79. The SMILES string of the molecule is CN=C(NCCCOC1CCOC1)NCc1ccccc1OC1CCCC1. The number of benzene rings is 1. The summed E-state index contributed by atoms with van der Waals surface area (Å²) in [6, 6.07) is 8.27. The molecule has 1 heterocycles. The van der Waals surface area contributed by atoms with Gasteiger partial charge in [-0.05, 0) is 44.6 Å². The van der Waals surface area contributed by atoms with E-state index in [1.165, 1.54) is 25.7 Å². The molecule has 0 spiro atoms. The second kappa shape index (κ2) is 11.1. The van der Waals surface area contributed by atoms with Crippen molar-refractivity contribution in [3.63, 3.8) is 0 Å². The van der Waals surface area contributed by atoms with Gasteiger partial charge in [0.2, 0.25) is 0 Å². The maximum absolute atomic E-state index is 6.21. The molecule has 1 aliphatic carbocycles. The Morgan fingerprint density at radius 3 is 2.78 bits per heavy atom. The Bertz CT molecular complexity index is 582. The van der Waals surface area contributed by atoms with Crippen molar-refractivity contribution in [1.29, 1.82) is 0 Å². The molecular formula is C21H33N3O3. The number of hydrogen-bond acceptors (Lipinski definition) is 4. The van der Waals surface area contributed by atoms with Crippen LogP contribution in [0.2, 0.25) is 0 Å². The third-order valence-electron chi connectivity index (χ3n) is 5.09. The minimum atomic E-state index is 0.277. The highest BCUT2D eigenvalue weighted by Crippen LogP contribution is 2.26. The zero-order valence-electron chi connectivity index (χ0n) is 16.4. The van der Waals surface area contributed by atoms with Crippen molar-refractivity contribution < 1.29 is 14.2 Å². The van der Waals surface area contributed by atoms with Crippen LogP contribution in [0.4, 0.5) is 0 Å². The number of guanidine groups is 1. The molecule has 0 radical (unpaired) electrons. The number of ether oxygens (including phenoxy) is 3. The smallest absolute Gasteiger partial charge is 0.191 e. The second-order valence-corrected chi connectivity index (χ2v) is 7.19. The van der Waals surface area contributed by atoms with Gasteiger partial charge in [-0.1, -0.05) is 18.2 Å². The molecule has 27 heavy (non-hydrogen) atoms. The molecule has 3 rings (SSSR count). The Kier molecular flexibility index (Phi) is 8.24. The van der Waals surface area contributed by atoms with Gasteiger partial charge in [-0.2, -0.15) is 0 Å². The van der Waals surface area contributed by atoms with Gasteiger partial charge in [0.05, 0.1) is 18.8 Å². The van der Waals surface area contributed by atoms with Crippen molar-refractivity contribution in [3.05, 3.63) is 29.8 Å². The van der Waals surface area contributed by atoms with Gasteiger partial charge in [-0.3, -0.25) is 4.99 Å². The molecule has 2 N–H and O–H groups in total. The number of para-hydroxylation sites is 1. The highest BCUT2D eigenvalue weighted by molar-refractivity contribution is 5.79. The van der Waals surface area contributed by atoms with E-state index in [2.05, 4.69) is 33.8 Å². The fraction of sp³-hybridized carbons (Fsp3) is 0.667. The standard InChI is InChI=1S/C21H33N3O3/c1-22-21(23-12-6-13-26-19-11-14-25-16-19)24-15-17-7-2-5-10-20(17)27-18-8-3-4-9-18/h2,5,7,10,18-19H,3-4,6,8-9,11-16H2,1H3,(H2,22,23,24). The molecule has 0 amide bonds. The summed E-state index contributed by atoms with van der Waals surface area (Å²) >= 11 is 0. The molecule has 1 aliphatic heterocycles. The molecule has 1 aromatic carbocycles. The Labute approximate surface area is 162 Å². The summed E-state index contributed by atoms with van der Waals surface area (Å²) in [5.41, 5.74) is 1.16. The van der Waals surface area contributed by atoms with E-state index in [1.807, 2.05) is 6.07 Å². The van der Waals surface area contributed by atoms with Gasteiger partial charge in [0.25, 0.3) is 0 Å². The molecule has 1 aromatic rings. The van der Waals surface area contributed by atoms with Gasteiger partial charge in [0.15, 0.2) is 5.96 Å². The van der Waals surface area contributed by atoms with Crippen LogP contribution in [0.25, 0.3) is 0 Å². The van der Waals surface area contributed by atoms with Gasteiger partial charge < -0.3 is 24.8 Å². The fourth-order valence-corrected chi connectivity index (χ4v) is 3.52. The first-order chi connectivity index (χ1) is 13.3. The molecule has 2 aliphatic rings. The highest BCUT2D eigenvalue weighted by Gasteiger charge is 2.18. The van der Waals surface area contributed by atoms with Gasteiger partial charge in [0.1, 0.15) is 5.75 Å². The van der Waals surface area contributed by atoms with Gasteiger partial charge >= 0.3 is 0 Å². The number of nitrogens with one attached hydrogen (secondary N) is 2. The molecule has 0 bridgehead atoms. The quantitative estimate of drug-likeness (QED) is 0.395. The Morgan fingerprint density at radius 1 is 1.15 bits per heavy atom. The maximum atomic E-state index is 6.21. The molecule has 1 atom stereocenters. The zero-order valence-corrected chi connectivity index (χ0v) is 16.4.